The van der Waals surface area contributed by atoms with Gasteiger partial charge in [-0.25, -0.2) is 0 Å². The van der Waals surface area contributed by atoms with Crippen molar-refractivity contribution in [1.29, 1.82) is 0 Å². The van der Waals surface area contributed by atoms with Gasteiger partial charge in [-0.05, 0) is 85.0 Å². The zero-order chi connectivity index (χ0) is 15.5. The van der Waals surface area contributed by atoms with E-state index in [4.69, 9.17) is 9.47 Å². The normalized spacial score (nSPS) is 16.4. The van der Waals surface area contributed by atoms with Crippen molar-refractivity contribution in [2.24, 2.45) is 0 Å². The fourth-order valence-corrected chi connectivity index (χ4v) is 3.50. The summed E-state index contributed by atoms with van der Waals surface area (Å²) in [5.41, 5.74) is 5.74. The molecule has 1 aliphatic carbocycles. The Balaban J connectivity index is 1.71. The average Bonchev–Trinajstić information content (AvgIpc) is 2.95. The molecule has 2 heteroatoms. The molecule has 0 aromatic heterocycles. The molecule has 0 bridgehead atoms. The Morgan fingerprint density at radius 1 is 1.00 bits per heavy atom. The predicted octanol–water partition coefficient (Wildman–Crippen LogP) is 4.67. The number of rotatable bonds is 5. The molecule has 0 aliphatic heterocycles. The van der Waals surface area contributed by atoms with E-state index in [9.17, 15) is 0 Å². The first-order chi connectivity index (χ1) is 10.7. The van der Waals surface area contributed by atoms with Crippen LogP contribution >= 0.6 is 0 Å². The molecule has 2 aromatic rings. The topological polar surface area (TPSA) is 18.5 Å². The summed E-state index contributed by atoms with van der Waals surface area (Å²) in [7, 11) is 3.46. The third-order valence-corrected chi connectivity index (χ3v) is 4.87. The summed E-state index contributed by atoms with van der Waals surface area (Å²) < 4.78 is 10.7. The van der Waals surface area contributed by atoms with Crippen LogP contribution in [0, 0.1) is 6.92 Å². The minimum absolute atomic E-state index is 0.659. The van der Waals surface area contributed by atoms with Gasteiger partial charge in [0.15, 0.2) is 0 Å². The summed E-state index contributed by atoms with van der Waals surface area (Å²) in [5, 5.41) is 0. The molecule has 0 spiro atoms. The van der Waals surface area contributed by atoms with Crippen molar-refractivity contribution in [2.75, 3.05) is 14.2 Å². The van der Waals surface area contributed by atoms with Gasteiger partial charge in [-0.2, -0.15) is 0 Å². The lowest BCUT2D eigenvalue weighted by Gasteiger charge is -2.14. The molecule has 22 heavy (non-hydrogen) atoms. The number of fused-ring (bicyclic) bond motifs is 1. The second kappa shape index (κ2) is 6.43. The maximum absolute atomic E-state index is 5.38. The monoisotopic (exact) mass is 296 g/mol. The van der Waals surface area contributed by atoms with Crippen molar-refractivity contribution in [1.82, 2.24) is 0 Å². The lowest BCUT2D eigenvalue weighted by atomic mass is 9.92. The van der Waals surface area contributed by atoms with Crippen LogP contribution in [-0.4, -0.2) is 14.2 Å². The minimum atomic E-state index is 0.659. The summed E-state index contributed by atoms with van der Waals surface area (Å²) in [6, 6.07) is 12.9. The van der Waals surface area contributed by atoms with Gasteiger partial charge < -0.3 is 9.47 Å². The maximum Gasteiger partial charge on any atom is 0.119 e. The Morgan fingerprint density at radius 3 is 2.45 bits per heavy atom. The molecule has 0 amide bonds. The largest absolute Gasteiger partial charge is 0.497 e. The first kappa shape index (κ1) is 15.0. The molecular formula is C20H24O2. The van der Waals surface area contributed by atoms with Crippen LogP contribution in [-0.2, 0) is 12.8 Å². The molecule has 0 heterocycles. The Bertz CT molecular complexity index is 661. The van der Waals surface area contributed by atoms with Crippen molar-refractivity contribution in [3.63, 3.8) is 0 Å². The van der Waals surface area contributed by atoms with Crippen LogP contribution in [0.4, 0.5) is 0 Å². The maximum atomic E-state index is 5.38. The van der Waals surface area contributed by atoms with Gasteiger partial charge in [0, 0.05) is 0 Å². The van der Waals surface area contributed by atoms with E-state index >= 15 is 0 Å². The molecule has 1 atom stereocenters. The number of hydrogen-bond donors (Lipinski definition) is 0. The summed E-state index contributed by atoms with van der Waals surface area (Å²) in [6.07, 6.45) is 4.79. The third kappa shape index (κ3) is 2.96. The molecule has 0 saturated heterocycles. The van der Waals surface area contributed by atoms with Gasteiger partial charge >= 0.3 is 0 Å². The Hall–Kier alpha value is -1.96. The Kier molecular flexibility index (Phi) is 4.37. The van der Waals surface area contributed by atoms with Crippen molar-refractivity contribution >= 4 is 0 Å². The molecule has 3 rings (SSSR count). The Morgan fingerprint density at radius 2 is 1.73 bits per heavy atom. The molecular weight excluding hydrogens is 272 g/mol. The number of hydrogen-bond acceptors (Lipinski definition) is 2. The quantitative estimate of drug-likeness (QED) is 0.798. The fraction of sp³-hybridized carbons (Fsp3) is 0.400. The van der Waals surface area contributed by atoms with E-state index in [0.717, 1.165) is 17.9 Å². The number of benzene rings is 2. The third-order valence-electron chi connectivity index (χ3n) is 4.87. The second-order valence-electron chi connectivity index (χ2n) is 6.13. The summed E-state index contributed by atoms with van der Waals surface area (Å²) in [4.78, 5) is 0. The molecule has 0 fully saturated rings. The molecule has 2 nitrogen and oxygen atoms in total. The molecule has 0 saturated carbocycles. The molecule has 1 unspecified atom stereocenters. The summed E-state index contributed by atoms with van der Waals surface area (Å²) in [6.45, 7) is 2.17. The summed E-state index contributed by atoms with van der Waals surface area (Å²) >= 11 is 0. The highest BCUT2D eigenvalue weighted by molar-refractivity contribution is 5.41. The Labute approximate surface area is 133 Å². The highest BCUT2D eigenvalue weighted by atomic mass is 16.5. The van der Waals surface area contributed by atoms with E-state index in [1.165, 1.54) is 41.5 Å². The molecule has 1 aliphatic rings. The summed E-state index contributed by atoms with van der Waals surface area (Å²) in [5.74, 6) is 2.58. The van der Waals surface area contributed by atoms with Gasteiger partial charge in [0.05, 0.1) is 14.2 Å². The SMILES string of the molecule is COc1ccc(CCC2CCc3ccc(OC)cc32)c(C)c1. The zero-order valence-electron chi connectivity index (χ0n) is 13.7. The molecule has 0 N–H and O–H groups in total. The van der Waals surface area contributed by atoms with E-state index in [0.29, 0.717) is 5.92 Å². The van der Waals surface area contributed by atoms with Crippen LogP contribution < -0.4 is 9.47 Å². The zero-order valence-corrected chi connectivity index (χ0v) is 13.7. The number of aryl methyl sites for hydroxylation is 3. The minimum Gasteiger partial charge on any atom is -0.497 e. The van der Waals surface area contributed by atoms with Crippen LogP contribution in [0.25, 0.3) is 0 Å². The number of ether oxygens (including phenoxy) is 2. The fourth-order valence-electron chi connectivity index (χ4n) is 3.50. The van der Waals surface area contributed by atoms with Crippen LogP contribution in [0.15, 0.2) is 36.4 Å². The van der Waals surface area contributed by atoms with E-state index in [2.05, 4.69) is 43.3 Å². The second-order valence-corrected chi connectivity index (χ2v) is 6.13. The van der Waals surface area contributed by atoms with Gasteiger partial charge in [-0.3, -0.25) is 0 Å². The van der Waals surface area contributed by atoms with Gasteiger partial charge in [0.25, 0.3) is 0 Å². The molecule has 2 aromatic carbocycles. The van der Waals surface area contributed by atoms with Crippen molar-refractivity contribution in [3.8, 4) is 11.5 Å². The van der Waals surface area contributed by atoms with Crippen molar-refractivity contribution in [3.05, 3.63) is 58.7 Å². The van der Waals surface area contributed by atoms with Crippen LogP contribution in [0.1, 0.15) is 41.0 Å². The highest BCUT2D eigenvalue weighted by Gasteiger charge is 2.22. The average molecular weight is 296 g/mol. The van der Waals surface area contributed by atoms with Crippen molar-refractivity contribution < 1.29 is 9.47 Å². The lowest BCUT2D eigenvalue weighted by Crippen LogP contribution is -1.99. The van der Waals surface area contributed by atoms with Gasteiger partial charge in [0.1, 0.15) is 11.5 Å². The predicted molar refractivity (Wildman–Crippen MR) is 90.1 cm³/mol. The van der Waals surface area contributed by atoms with Crippen molar-refractivity contribution in [2.45, 2.75) is 38.5 Å². The highest BCUT2D eigenvalue weighted by Crippen LogP contribution is 2.38. The van der Waals surface area contributed by atoms with Crippen LogP contribution in [0.3, 0.4) is 0 Å². The van der Waals surface area contributed by atoms with Crippen LogP contribution in [0.2, 0.25) is 0 Å². The van der Waals surface area contributed by atoms with Crippen LogP contribution in [0.5, 0.6) is 11.5 Å². The van der Waals surface area contributed by atoms with Gasteiger partial charge in [0.2, 0.25) is 0 Å². The standard InChI is InChI=1S/C20H24O2/c1-14-12-18(21-2)10-8-15(14)4-5-16-6-7-17-9-11-19(22-3)13-20(16)17/h8-13,16H,4-7H2,1-3H3. The number of methoxy groups -OCH3 is 2. The lowest BCUT2D eigenvalue weighted by molar-refractivity contribution is 0.413. The molecule has 0 radical (unpaired) electrons. The van der Waals surface area contributed by atoms with E-state index in [1.807, 2.05) is 0 Å². The van der Waals surface area contributed by atoms with E-state index in [-0.39, 0.29) is 0 Å². The molecule has 116 valence electrons. The van der Waals surface area contributed by atoms with Gasteiger partial charge in [-0.15, -0.1) is 0 Å². The smallest absolute Gasteiger partial charge is 0.119 e. The first-order valence-corrected chi connectivity index (χ1v) is 8.01. The van der Waals surface area contributed by atoms with E-state index < -0.39 is 0 Å². The van der Waals surface area contributed by atoms with E-state index in [1.54, 1.807) is 14.2 Å². The first-order valence-electron chi connectivity index (χ1n) is 8.01. The van der Waals surface area contributed by atoms with Gasteiger partial charge in [-0.1, -0.05) is 12.1 Å².